The first-order chi connectivity index (χ1) is 7.27. The van der Waals surface area contributed by atoms with Crippen molar-refractivity contribution in [2.75, 3.05) is 5.32 Å². The zero-order valence-corrected chi connectivity index (χ0v) is 10.3. The van der Waals surface area contributed by atoms with Crippen LogP contribution < -0.4 is 5.32 Å². The van der Waals surface area contributed by atoms with E-state index in [0.717, 1.165) is 16.7 Å². The highest BCUT2D eigenvalue weighted by molar-refractivity contribution is 9.10. The molecule has 0 bridgehead atoms. The van der Waals surface area contributed by atoms with Crippen molar-refractivity contribution in [2.45, 2.75) is 6.54 Å². The third-order valence-electron chi connectivity index (χ3n) is 2.10. The van der Waals surface area contributed by atoms with Crippen LogP contribution in [-0.4, -0.2) is 4.98 Å². The minimum Gasteiger partial charge on any atom is -0.380 e. The summed E-state index contributed by atoms with van der Waals surface area (Å²) < 4.78 is 0.905. The van der Waals surface area contributed by atoms with Gasteiger partial charge in [-0.1, -0.05) is 17.7 Å². The average molecular weight is 286 g/mol. The molecule has 2 rings (SSSR count). The van der Waals surface area contributed by atoms with E-state index in [1.807, 2.05) is 36.7 Å². The molecule has 0 saturated heterocycles. The maximum Gasteiger partial charge on any atom is 0.0593 e. The van der Waals surface area contributed by atoms with Crippen molar-refractivity contribution in [1.29, 1.82) is 0 Å². The largest absolute Gasteiger partial charge is 0.380 e. The third kappa shape index (κ3) is 2.55. The van der Waals surface area contributed by atoms with E-state index in [1.165, 1.54) is 5.56 Å². The van der Waals surface area contributed by atoms with Crippen LogP contribution >= 0.6 is 27.5 Å². The van der Waals surface area contributed by atoms with Crippen LogP contribution in [-0.2, 0) is 6.54 Å². The monoisotopic (exact) mass is 284 g/mol. The molecule has 2 aromatic rings. The van der Waals surface area contributed by atoms with Crippen molar-refractivity contribution in [3.8, 4) is 0 Å². The van der Waals surface area contributed by atoms with Gasteiger partial charge in [0.05, 0.1) is 15.2 Å². The van der Waals surface area contributed by atoms with E-state index in [2.05, 4.69) is 26.2 Å². The molecule has 2 N–H and O–H groups in total. The van der Waals surface area contributed by atoms with Crippen LogP contribution in [0.1, 0.15) is 5.56 Å². The SMILES string of the molecule is Clc1cccc(NCc2cc[nH]c2)c1Br. The maximum absolute atomic E-state index is 5.98. The number of rotatable bonds is 3. The molecule has 0 unspecified atom stereocenters. The number of nitrogens with one attached hydrogen (secondary N) is 2. The lowest BCUT2D eigenvalue weighted by Crippen LogP contribution is -1.98. The Labute approximate surface area is 102 Å². The van der Waals surface area contributed by atoms with Crippen LogP contribution in [0.5, 0.6) is 0 Å². The number of halogens is 2. The average Bonchev–Trinajstić information content (AvgIpc) is 2.73. The molecule has 1 aromatic heterocycles. The van der Waals surface area contributed by atoms with Crippen LogP contribution in [0.4, 0.5) is 5.69 Å². The normalized spacial score (nSPS) is 10.3. The lowest BCUT2D eigenvalue weighted by molar-refractivity contribution is 1.15. The molecule has 0 amide bonds. The first kappa shape index (κ1) is 10.6. The van der Waals surface area contributed by atoms with Crippen LogP contribution in [0.3, 0.4) is 0 Å². The summed E-state index contributed by atoms with van der Waals surface area (Å²) >= 11 is 9.42. The minimum atomic E-state index is 0.717. The van der Waals surface area contributed by atoms with E-state index in [9.17, 15) is 0 Å². The molecule has 0 aliphatic rings. The summed E-state index contributed by atoms with van der Waals surface area (Å²) in [6.45, 7) is 0.780. The van der Waals surface area contributed by atoms with Crippen LogP contribution in [0.2, 0.25) is 5.02 Å². The van der Waals surface area contributed by atoms with E-state index < -0.39 is 0 Å². The molecule has 0 spiro atoms. The van der Waals surface area contributed by atoms with Gasteiger partial charge >= 0.3 is 0 Å². The van der Waals surface area contributed by atoms with Gasteiger partial charge < -0.3 is 10.3 Å². The summed E-state index contributed by atoms with van der Waals surface area (Å²) in [4.78, 5) is 3.01. The summed E-state index contributed by atoms with van der Waals surface area (Å²) in [5.41, 5.74) is 2.21. The van der Waals surface area contributed by atoms with E-state index in [4.69, 9.17) is 11.6 Å². The van der Waals surface area contributed by atoms with Gasteiger partial charge in [0, 0.05) is 18.9 Å². The van der Waals surface area contributed by atoms with Gasteiger partial charge in [-0.15, -0.1) is 0 Å². The molecule has 0 saturated carbocycles. The second kappa shape index (κ2) is 4.73. The van der Waals surface area contributed by atoms with Crippen LogP contribution in [0, 0.1) is 0 Å². The van der Waals surface area contributed by atoms with Gasteiger partial charge in [-0.3, -0.25) is 0 Å². The molecule has 0 fully saturated rings. The predicted octanol–water partition coefficient (Wildman–Crippen LogP) is 4.04. The second-order valence-corrected chi connectivity index (χ2v) is 4.37. The highest BCUT2D eigenvalue weighted by atomic mass is 79.9. The number of benzene rings is 1. The lowest BCUT2D eigenvalue weighted by atomic mass is 10.3. The van der Waals surface area contributed by atoms with Crippen molar-refractivity contribution in [3.05, 3.63) is 51.7 Å². The molecule has 1 aromatic carbocycles. The number of aromatic nitrogens is 1. The van der Waals surface area contributed by atoms with E-state index in [0.29, 0.717) is 5.02 Å². The molecule has 0 aliphatic heterocycles. The Kier molecular flexibility index (Phi) is 3.34. The van der Waals surface area contributed by atoms with Gasteiger partial charge in [0.2, 0.25) is 0 Å². The fraction of sp³-hybridized carbons (Fsp3) is 0.0909. The number of anilines is 1. The first-order valence-electron chi connectivity index (χ1n) is 4.57. The van der Waals surface area contributed by atoms with Crippen LogP contribution in [0.15, 0.2) is 41.1 Å². The second-order valence-electron chi connectivity index (χ2n) is 3.17. The number of aromatic amines is 1. The van der Waals surface area contributed by atoms with E-state index >= 15 is 0 Å². The fourth-order valence-corrected chi connectivity index (χ4v) is 1.89. The molecule has 2 nitrogen and oxygen atoms in total. The fourth-order valence-electron chi connectivity index (χ4n) is 1.31. The van der Waals surface area contributed by atoms with Gasteiger partial charge in [-0.2, -0.15) is 0 Å². The highest BCUT2D eigenvalue weighted by Crippen LogP contribution is 2.30. The van der Waals surface area contributed by atoms with Crippen molar-refractivity contribution >= 4 is 33.2 Å². The Balaban J connectivity index is 2.08. The zero-order valence-electron chi connectivity index (χ0n) is 7.93. The van der Waals surface area contributed by atoms with Crippen molar-refractivity contribution in [1.82, 2.24) is 4.98 Å². The Morgan fingerprint density at radius 1 is 1.33 bits per heavy atom. The number of H-pyrrole nitrogens is 1. The van der Waals surface area contributed by atoms with Crippen molar-refractivity contribution in [2.24, 2.45) is 0 Å². The van der Waals surface area contributed by atoms with Gasteiger partial charge in [0.1, 0.15) is 0 Å². The molecule has 15 heavy (non-hydrogen) atoms. The Hall–Kier alpha value is -0.930. The lowest BCUT2D eigenvalue weighted by Gasteiger charge is -2.08. The summed E-state index contributed by atoms with van der Waals surface area (Å²) in [6.07, 6.45) is 3.87. The molecule has 4 heteroatoms. The van der Waals surface area contributed by atoms with Gasteiger partial charge in [0.25, 0.3) is 0 Å². The Morgan fingerprint density at radius 3 is 2.93 bits per heavy atom. The van der Waals surface area contributed by atoms with Gasteiger partial charge in [-0.05, 0) is 39.7 Å². The van der Waals surface area contributed by atoms with E-state index in [1.54, 1.807) is 0 Å². The van der Waals surface area contributed by atoms with Crippen molar-refractivity contribution in [3.63, 3.8) is 0 Å². The third-order valence-corrected chi connectivity index (χ3v) is 3.49. The van der Waals surface area contributed by atoms with Gasteiger partial charge in [-0.25, -0.2) is 0 Å². The molecule has 1 heterocycles. The molecule has 0 aliphatic carbocycles. The predicted molar refractivity (Wildman–Crippen MR) is 67.3 cm³/mol. The standard InChI is InChI=1S/C11H10BrClN2/c12-11-9(13)2-1-3-10(11)15-7-8-4-5-14-6-8/h1-6,14-15H,7H2. The molecule has 0 atom stereocenters. The zero-order chi connectivity index (χ0) is 10.7. The summed E-state index contributed by atoms with van der Waals surface area (Å²) in [5.74, 6) is 0. The molecular weight excluding hydrogens is 275 g/mol. The highest BCUT2D eigenvalue weighted by Gasteiger charge is 2.02. The summed E-state index contributed by atoms with van der Waals surface area (Å²) in [7, 11) is 0. The maximum atomic E-state index is 5.98. The molecule has 78 valence electrons. The summed E-state index contributed by atoms with van der Waals surface area (Å²) in [6, 6.07) is 7.80. The van der Waals surface area contributed by atoms with Crippen molar-refractivity contribution < 1.29 is 0 Å². The number of hydrogen-bond acceptors (Lipinski definition) is 1. The summed E-state index contributed by atoms with van der Waals surface area (Å²) in [5, 5.41) is 4.02. The molecular formula is C11H10BrClN2. The number of hydrogen-bond donors (Lipinski definition) is 2. The Morgan fingerprint density at radius 2 is 2.20 bits per heavy atom. The first-order valence-corrected chi connectivity index (χ1v) is 5.74. The van der Waals surface area contributed by atoms with Gasteiger partial charge in [0.15, 0.2) is 0 Å². The van der Waals surface area contributed by atoms with Crippen LogP contribution in [0.25, 0.3) is 0 Å². The quantitative estimate of drug-likeness (QED) is 0.875. The topological polar surface area (TPSA) is 27.8 Å². The molecule has 0 radical (unpaired) electrons. The van der Waals surface area contributed by atoms with E-state index in [-0.39, 0.29) is 0 Å². The smallest absolute Gasteiger partial charge is 0.0593 e. The Bertz CT molecular complexity index is 440. The minimum absolute atomic E-state index is 0.717.